The molecule has 0 spiro atoms. The van der Waals surface area contributed by atoms with Crippen LogP contribution in [-0.2, 0) is 9.53 Å². The summed E-state index contributed by atoms with van der Waals surface area (Å²) in [6.45, 7) is 3.67. The first kappa shape index (κ1) is 21.3. The molecule has 0 aliphatic heterocycles. The van der Waals surface area contributed by atoms with Crippen LogP contribution in [0.1, 0.15) is 37.0 Å². The van der Waals surface area contributed by atoms with E-state index < -0.39 is 5.97 Å². The number of esters is 1. The van der Waals surface area contributed by atoms with Crippen molar-refractivity contribution < 1.29 is 19.1 Å². The third-order valence-corrected chi connectivity index (χ3v) is 4.79. The van der Waals surface area contributed by atoms with Gasteiger partial charge >= 0.3 is 5.97 Å². The molecule has 1 unspecified atom stereocenters. The molecule has 1 aromatic heterocycles. The van der Waals surface area contributed by atoms with Crippen molar-refractivity contribution >= 4 is 22.8 Å². The van der Waals surface area contributed by atoms with E-state index in [0.717, 1.165) is 24.2 Å². The van der Waals surface area contributed by atoms with Crippen LogP contribution < -0.4 is 10.1 Å². The van der Waals surface area contributed by atoms with Gasteiger partial charge in [-0.2, -0.15) is 0 Å². The van der Waals surface area contributed by atoms with E-state index in [9.17, 15) is 9.59 Å². The zero-order valence-corrected chi connectivity index (χ0v) is 17.5. The van der Waals surface area contributed by atoms with Crippen molar-refractivity contribution in [3.63, 3.8) is 0 Å². The number of carbonyl (C=O) groups is 2. The van der Waals surface area contributed by atoms with Gasteiger partial charge in [0.1, 0.15) is 5.75 Å². The number of methoxy groups -OCH3 is 1. The standard InChI is InChI=1S/C24H26N2O4/c1-4-7-16(2)25-23(27)15-30-24(28)20-14-22(17-10-12-18(29-3)13-11-17)26-21-9-6-5-8-19(20)21/h5-6,8-14,16H,4,7,15H2,1-3H3,(H,25,27). The van der Waals surface area contributed by atoms with Gasteiger partial charge < -0.3 is 14.8 Å². The van der Waals surface area contributed by atoms with Crippen LogP contribution in [0.25, 0.3) is 22.2 Å². The van der Waals surface area contributed by atoms with Crippen LogP contribution in [0.2, 0.25) is 0 Å². The highest BCUT2D eigenvalue weighted by molar-refractivity contribution is 6.05. The Morgan fingerprint density at radius 3 is 2.53 bits per heavy atom. The fraction of sp³-hybridized carbons (Fsp3) is 0.292. The second kappa shape index (κ2) is 9.87. The molecule has 0 aliphatic carbocycles. The summed E-state index contributed by atoms with van der Waals surface area (Å²) < 4.78 is 10.5. The van der Waals surface area contributed by atoms with Crippen LogP contribution in [0.3, 0.4) is 0 Å². The molecule has 1 N–H and O–H groups in total. The summed E-state index contributed by atoms with van der Waals surface area (Å²) >= 11 is 0. The first-order valence-corrected chi connectivity index (χ1v) is 10.0. The molecular formula is C24H26N2O4. The molecule has 0 bridgehead atoms. The van der Waals surface area contributed by atoms with Crippen LogP contribution in [0.15, 0.2) is 54.6 Å². The van der Waals surface area contributed by atoms with Gasteiger partial charge in [0, 0.05) is 17.0 Å². The maximum absolute atomic E-state index is 12.8. The highest BCUT2D eigenvalue weighted by atomic mass is 16.5. The lowest BCUT2D eigenvalue weighted by molar-refractivity contribution is -0.124. The monoisotopic (exact) mass is 406 g/mol. The average molecular weight is 406 g/mol. The van der Waals surface area contributed by atoms with Gasteiger partial charge in [0.05, 0.1) is 23.9 Å². The van der Waals surface area contributed by atoms with Crippen molar-refractivity contribution in [2.24, 2.45) is 0 Å². The van der Waals surface area contributed by atoms with Gasteiger partial charge in [0.15, 0.2) is 6.61 Å². The number of para-hydroxylation sites is 1. The number of nitrogens with zero attached hydrogens (tertiary/aromatic N) is 1. The lowest BCUT2D eigenvalue weighted by atomic mass is 10.0. The fourth-order valence-electron chi connectivity index (χ4n) is 3.28. The molecule has 3 rings (SSSR count). The summed E-state index contributed by atoms with van der Waals surface area (Å²) in [4.78, 5) is 29.5. The molecule has 0 saturated carbocycles. The zero-order chi connectivity index (χ0) is 21.5. The second-order valence-corrected chi connectivity index (χ2v) is 7.13. The van der Waals surface area contributed by atoms with Gasteiger partial charge in [0.2, 0.25) is 0 Å². The Bertz CT molecular complexity index is 1030. The summed E-state index contributed by atoms with van der Waals surface area (Å²) in [5.41, 5.74) is 2.55. The highest BCUT2D eigenvalue weighted by Gasteiger charge is 2.17. The predicted octanol–water partition coefficient (Wildman–Crippen LogP) is 4.37. The minimum absolute atomic E-state index is 0.0460. The molecule has 1 amide bonds. The third-order valence-electron chi connectivity index (χ3n) is 4.79. The number of fused-ring (bicyclic) bond motifs is 1. The van der Waals surface area contributed by atoms with E-state index in [1.54, 1.807) is 13.2 Å². The zero-order valence-electron chi connectivity index (χ0n) is 17.5. The number of rotatable bonds is 8. The molecule has 0 radical (unpaired) electrons. The lowest BCUT2D eigenvalue weighted by Gasteiger charge is -2.13. The molecule has 3 aromatic rings. The summed E-state index contributed by atoms with van der Waals surface area (Å²) in [5.74, 6) is -0.123. The molecule has 1 atom stereocenters. The van der Waals surface area contributed by atoms with Crippen molar-refractivity contribution in [2.75, 3.05) is 13.7 Å². The summed E-state index contributed by atoms with van der Waals surface area (Å²) in [5, 5.41) is 3.51. The van der Waals surface area contributed by atoms with Crippen LogP contribution in [0.4, 0.5) is 0 Å². The topological polar surface area (TPSA) is 77.5 Å². The maximum Gasteiger partial charge on any atom is 0.339 e. The van der Waals surface area contributed by atoms with E-state index in [4.69, 9.17) is 9.47 Å². The minimum Gasteiger partial charge on any atom is -0.497 e. The quantitative estimate of drug-likeness (QED) is 0.562. The normalized spacial score (nSPS) is 11.7. The van der Waals surface area contributed by atoms with Crippen molar-refractivity contribution in [2.45, 2.75) is 32.7 Å². The largest absolute Gasteiger partial charge is 0.497 e. The van der Waals surface area contributed by atoms with Gasteiger partial charge in [-0.25, -0.2) is 9.78 Å². The maximum atomic E-state index is 12.8. The molecule has 30 heavy (non-hydrogen) atoms. The van der Waals surface area contributed by atoms with Crippen molar-refractivity contribution in [1.29, 1.82) is 0 Å². The SMILES string of the molecule is CCCC(C)NC(=O)COC(=O)c1cc(-c2ccc(OC)cc2)nc2ccccc12. The Balaban J connectivity index is 1.84. The molecule has 0 aliphatic rings. The van der Waals surface area contributed by atoms with E-state index in [1.807, 2.05) is 55.5 Å². The summed E-state index contributed by atoms with van der Waals surface area (Å²) in [6, 6.07) is 16.6. The van der Waals surface area contributed by atoms with Gasteiger partial charge in [0.25, 0.3) is 5.91 Å². The Kier molecular flexibility index (Phi) is 7.01. The Hall–Kier alpha value is -3.41. The van der Waals surface area contributed by atoms with Crippen LogP contribution in [0, 0.1) is 0 Å². The molecular weight excluding hydrogens is 380 g/mol. The van der Waals surface area contributed by atoms with E-state index in [-0.39, 0.29) is 18.6 Å². The van der Waals surface area contributed by atoms with Crippen molar-refractivity contribution in [1.82, 2.24) is 10.3 Å². The summed E-state index contributed by atoms with van der Waals surface area (Å²) in [7, 11) is 1.61. The van der Waals surface area contributed by atoms with Gasteiger partial charge in [-0.3, -0.25) is 4.79 Å². The Morgan fingerprint density at radius 2 is 1.83 bits per heavy atom. The van der Waals surface area contributed by atoms with Crippen molar-refractivity contribution in [3.05, 3.63) is 60.2 Å². The Labute approximate surface area is 176 Å². The Morgan fingerprint density at radius 1 is 1.10 bits per heavy atom. The summed E-state index contributed by atoms with van der Waals surface area (Å²) in [6.07, 6.45) is 1.85. The predicted molar refractivity (Wildman–Crippen MR) is 117 cm³/mol. The number of aromatic nitrogens is 1. The smallest absolute Gasteiger partial charge is 0.339 e. The first-order valence-electron chi connectivity index (χ1n) is 10.0. The number of pyridine rings is 1. The van der Waals surface area contributed by atoms with E-state index in [2.05, 4.69) is 17.2 Å². The molecule has 1 heterocycles. The van der Waals surface area contributed by atoms with E-state index in [1.165, 1.54) is 0 Å². The van der Waals surface area contributed by atoms with Crippen molar-refractivity contribution in [3.8, 4) is 17.0 Å². The number of carbonyl (C=O) groups excluding carboxylic acids is 2. The molecule has 6 nitrogen and oxygen atoms in total. The van der Waals surface area contributed by atoms with Crippen LogP contribution >= 0.6 is 0 Å². The third kappa shape index (κ3) is 5.14. The molecule has 0 saturated heterocycles. The molecule has 2 aromatic carbocycles. The lowest BCUT2D eigenvalue weighted by Crippen LogP contribution is -2.35. The van der Waals surface area contributed by atoms with E-state index in [0.29, 0.717) is 22.2 Å². The van der Waals surface area contributed by atoms with Crippen LogP contribution in [0.5, 0.6) is 5.75 Å². The van der Waals surface area contributed by atoms with E-state index >= 15 is 0 Å². The average Bonchev–Trinajstić information content (AvgIpc) is 2.77. The molecule has 156 valence electrons. The van der Waals surface area contributed by atoms with Gasteiger partial charge in [-0.1, -0.05) is 31.5 Å². The second-order valence-electron chi connectivity index (χ2n) is 7.13. The fourth-order valence-corrected chi connectivity index (χ4v) is 3.28. The number of amides is 1. The number of nitrogens with one attached hydrogen (secondary N) is 1. The van der Waals surface area contributed by atoms with Gasteiger partial charge in [-0.05, 0) is 49.7 Å². The number of hydrogen-bond donors (Lipinski definition) is 1. The van der Waals surface area contributed by atoms with Crippen LogP contribution in [-0.4, -0.2) is 36.6 Å². The molecule has 6 heteroatoms. The molecule has 0 fully saturated rings. The van der Waals surface area contributed by atoms with Gasteiger partial charge in [-0.15, -0.1) is 0 Å². The minimum atomic E-state index is -0.554. The number of benzene rings is 2. The highest BCUT2D eigenvalue weighted by Crippen LogP contribution is 2.26. The number of ether oxygens (including phenoxy) is 2. The number of hydrogen-bond acceptors (Lipinski definition) is 5. The first-order chi connectivity index (χ1) is 14.5.